The Morgan fingerprint density at radius 1 is 1.02 bits per heavy atom. The number of aryl methyl sites for hydroxylation is 1. The third-order valence-corrected chi connectivity index (χ3v) is 10.3. The first-order valence-corrected chi connectivity index (χ1v) is 16.4. The van der Waals surface area contributed by atoms with Crippen molar-refractivity contribution in [3.8, 4) is 0 Å². The molecule has 3 aliphatic heterocycles. The van der Waals surface area contributed by atoms with E-state index in [-0.39, 0.29) is 23.4 Å². The lowest BCUT2D eigenvalue weighted by Crippen LogP contribution is -2.63. The van der Waals surface area contributed by atoms with Gasteiger partial charge < -0.3 is 20.4 Å². The number of hydrogen-bond donors (Lipinski definition) is 3. The summed E-state index contributed by atoms with van der Waals surface area (Å²) in [6.45, 7) is 14.9. The van der Waals surface area contributed by atoms with E-state index in [2.05, 4.69) is 66.9 Å². The van der Waals surface area contributed by atoms with Crippen molar-refractivity contribution >= 4 is 45.4 Å². The molecule has 3 N–H and O–H groups in total. The van der Waals surface area contributed by atoms with E-state index in [1.807, 2.05) is 24.3 Å². The molecule has 0 bridgehead atoms. The van der Waals surface area contributed by atoms with Gasteiger partial charge in [-0.1, -0.05) is 39.3 Å². The summed E-state index contributed by atoms with van der Waals surface area (Å²) in [7, 11) is 1.76. The molecule has 0 aliphatic carbocycles. The van der Waals surface area contributed by atoms with Crippen LogP contribution in [0.25, 0.3) is 5.57 Å². The molecular weight excluding hydrogens is 572 g/mol. The number of benzene rings is 1. The van der Waals surface area contributed by atoms with Gasteiger partial charge in [-0.2, -0.15) is 0 Å². The average Bonchev–Trinajstić information content (AvgIpc) is 3.41. The number of dihydropyridines is 1. The summed E-state index contributed by atoms with van der Waals surface area (Å²) in [5.41, 5.74) is 3.04. The molecule has 1 atom stereocenters. The fraction of sp³-hybridized carbons (Fsp3) is 0.500. The monoisotopic (exact) mass is 618 g/mol. The summed E-state index contributed by atoms with van der Waals surface area (Å²) >= 11 is 1.39. The highest BCUT2D eigenvalue weighted by Crippen LogP contribution is 2.38. The van der Waals surface area contributed by atoms with Crippen LogP contribution < -0.4 is 16.0 Å². The van der Waals surface area contributed by atoms with Crippen molar-refractivity contribution in [1.82, 2.24) is 20.0 Å². The van der Waals surface area contributed by atoms with Crippen LogP contribution in [0, 0.1) is 6.92 Å². The molecule has 236 valence electrons. The van der Waals surface area contributed by atoms with Crippen molar-refractivity contribution in [1.29, 1.82) is 0 Å². The molecule has 2 aromatic rings. The molecule has 5 rings (SSSR count). The highest BCUT2D eigenvalue weighted by atomic mass is 32.1. The first kappa shape index (κ1) is 31.8. The largest absolute Gasteiger partial charge is 0.372 e. The molecule has 0 spiro atoms. The molecular formula is C34H46N6O3S. The molecule has 4 amide bonds. The number of amides is 4. The topological polar surface area (TPSA) is 97.0 Å². The van der Waals surface area contributed by atoms with Crippen LogP contribution in [-0.2, 0) is 10.2 Å². The fourth-order valence-corrected chi connectivity index (χ4v) is 7.17. The van der Waals surface area contributed by atoms with Crippen LogP contribution in [0.4, 0.5) is 15.5 Å². The van der Waals surface area contributed by atoms with Crippen LogP contribution in [0.15, 0.2) is 42.6 Å². The number of anilines is 2. The summed E-state index contributed by atoms with van der Waals surface area (Å²) in [6, 6.07) is 7.29. The number of carbonyl (C=O) groups excluding carboxylic acids is 3. The lowest BCUT2D eigenvalue weighted by molar-refractivity contribution is -0.144. The Bertz CT molecular complexity index is 1490. The minimum absolute atomic E-state index is 0.106. The number of piperazine rings is 1. The van der Waals surface area contributed by atoms with Gasteiger partial charge >= 0.3 is 6.03 Å². The molecule has 1 aromatic heterocycles. The number of urea groups is 1. The summed E-state index contributed by atoms with van der Waals surface area (Å²) in [5.74, 6) is -0.367. The Morgan fingerprint density at radius 3 is 2.41 bits per heavy atom. The van der Waals surface area contributed by atoms with E-state index >= 15 is 0 Å². The minimum atomic E-state index is -0.989. The third-order valence-electron chi connectivity index (χ3n) is 8.84. The smallest absolute Gasteiger partial charge is 0.324 e. The number of rotatable bonds is 5. The fourth-order valence-electron chi connectivity index (χ4n) is 6.07. The lowest BCUT2D eigenvalue weighted by atomic mass is 9.93. The summed E-state index contributed by atoms with van der Waals surface area (Å²) in [5, 5.41) is 9.94. The van der Waals surface area contributed by atoms with Gasteiger partial charge in [0.2, 0.25) is 5.91 Å². The van der Waals surface area contributed by atoms with Gasteiger partial charge in [0.05, 0.1) is 11.7 Å². The van der Waals surface area contributed by atoms with Crippen LogP contribution in [0.1, 0.15) is 80.2 Å². The number of hydrogen-bond acceptors (Lipinski definition) is 6. The highest BCUT2D eigenvalue weighted by molar-refractivity contribution is 7.16. The third kappa shape index (κ3) is 6.56. The SMILES string of the molecule is Cc1ccc(NC(=O)Nc2sc(C(C)(C)C)cc2C(=O)N2CCN(C)C(=O)C2(C)C)cc1C1=CNC(N2CCCCC2)C=C1. The number of carbonyl (C=O) groups is 3. The number of likely N-dealkylation sites (tertiary alicyclic amines) is 1. The number of nitrogens with zero attached hydrogens (tertiary/aromatic N) is 3. The van der Waals surface area contributed by atoms with E-state index in [4.69, 9.17) is 0 Å². The van der Waals surface area contributed by atoms with Crippen LogP contribution in [0.5, 0.6) is 0 Å². The maximum Gasteiger partial charge on any atom is 0.324 e. The van der Waals surface area contributed by atoms with Gasteiger partial charge in [0.15, 0.2) is 0 Å². The van der Waals surface area contributed by atoms with E-state index in [1.165, 1.54) is 30.6 Å². The number of piperidine rings is 1. The Balaban J connectivity index is 1.33. The predicted molar refractivity (Wildman–Crippen MR) is 179 cm³/mol. The first-order chi connectivity index (χ1) is 20.8. The van der Waals surface area contributed by atoms with Gasteiger partial charge in [0.25, 0.3) is 5.91 Å². The van der Waals surface area contributed by atoms with Crippen molar-refractivity contribution in [3.63, 3.8) is 0 Å². The molecule has 2 saturated heterocycles. The van der Waals surface area contributed by atoms with Crippen molar-refractivity contribution in [3.05, 3.63) is 64.2 Å². The maximum atomic E-state index is 13.9. The molecule has 1 unspecified atom stereocenters. The van der Waals surface area contributed by atoms with Crippen LogP contribution >= 0.6 is 11.3 Å². The normalized spacial score (nSPS) is 20.7. The van der Waals surface area contributed by atoms with E-state index in [1.54, 1.807) is 30.7 Å². The van der Waals surface area contributed by atoms with Gasteiger partial charge in [-0.05, 0) is 80.0 Å². The van der Waals surface area contributed by atoms with Gasteiger partial charge in [0.1, 0.15) is 10.5 Å². The number of nitrogens with one attached hydrogen (secondary N) is 3. The quantitative estimate of drug-likeness (QED) is 0.382. The van der Waals surface area contributed by atoms with Gasteiger partial charge in [0, 0.05) is 50.0 Å². The minimum Gasteiger partial charge on any atom is -0.372 e. The second-order valence-electron chi connectivity index (χ2n) is 13.6. The first-order valence-electron chi connectivity index (χ1n) is 15.5. The molecule has 3 aliphatic rings. The zero-order valence-electron chi connectivity index (χ0n) is 27.0. The molecule has 0 saturated carbocycles. The number of likely N-dealkylation sites (N-methyl/N-ethyl adjacent to an activating group) is 1. The zero-order chi connectivity index (χ0) is 31.8. The maximum absolute atomic E-state index is 13.9. The Labute approximate surface area is 265 Å². The van der Waals surface area contributed by atoms with Crippen molar-refractivity contribution in [2.24, 2.45) is 0 Å². The summed E-state index contributed by atoms with van der Waals surface area (Å²) < 4.78 is 0. The summed E-state index contributed by atoms with van der Waals surface area (Å²) in [4.78, 5) is 46.9. The number of allylic oxidation sites excluding steroid dienone is 2. The standard InChI is InChI=1S/C34H46N6O3S/c1-22-11-13-24(19-25(22)23-12-14-28(35-21-23)39-15-9-8-10-16-39)36-32(43)37-29-26(20-27(44-29)33(2,3)4)30(41)40-18-17-38(7)31(42)34(40,5)6/h11-14,19-21,28,35H,8-10,15-18H2,1-7H3,(H2,36,37,43). The van der Waals surface area contributed by atoms with Crippen molar-refractivity contribution in [2.45, 2.75) is 77.9 Å². The molecule has 2 fully saturated rings. The predicted octanol–water partition coefficient (Wildman–Crippen LogP) is 6.00. The van der Waals surface area contributed by atoms with Gasteiger partial charge in [-0.3, -0.25) is 19.8 Å². The Hall–Kier alpha value is -3.63. The van der Waals surface area contributed by atoms with E-state index in [9.17, 15) is 14.4 Å². The number of thiophene rings is 1. The van der Waals surface area contributed by atoms with Gasteiger partial charge in [-0.25, -0.2) is 4.79 Å². The Morgan fingerprint density at radius 2 is 1.75 bits per heavy atom. The van der Waals surface area contributed by atoms with Crippen LogP contribution in [-0.4, -0.2) is 77.5 Å². The molecule has 1 aromatic carbocycles. The molecule has 10 heteroatoms. The van der Waals surface area contributed by atoms with Crippen LogP contribution in [0.2, 0.25) is 0 Å². The van der Waals surface area contributed by atoms with Crippen LogP contribution in [0.3, 0.4) is 0 Å². The van der Waals surface area contributed by atoms with Crippen molar-refractivity contribution in [2.75, 3.05) is 43.9 Å². The molecule has 9 nitrogen and oxygen atoms in total. The van der Waals surface area contributed by atoms with E-state index < -0.39 is 11.6 Å². The van der Waals surface area contributed by atoms with E-state index in [0.717, 1.165) is 34.7 Å². The highest BCUT2D eigenvalue weighted by Gasteiger charge is 2.44. The zero-order valence-corrected chi connectivity index (χ0v) is 27.9. The van der Waals surface area contributed by atoms with E-state index in [0.29, 0.717) is 29.3 Å². The molecule has 4 heterocycles. The average molecular weight is 619 g/mol. The molecule has 44 heavy (non-hydrogen) atoms. The molecule has 0 radical (unpaired) electrons. The van der Waals surface area contributed by atoms with Gasteiger partial charge in [-0.15, -0.1) is 11.3 Å². The Kier molecular flexibility index (Phi) is 8.96. The second-order valence-corrected chi connectivity index (χ2v) is 14.7. The second kappa shape index (κ2) is 12.4. The summed E-state index contributed by atoms with van der Waals surface area (Å²) in [6.07, 6.45) is 10.4. The lowest BCUT2D eigenvalue weighted by Gasteiger charge is -2.44. The van der Waals surface area contributed by atoms with Crippen molar-refractivity contribution < 1.29 is 14.4 Å².